The van der Waals surface area contributed by atoms with Crippen molar-refractivity contribution in [1.29, 1.82) is 0 Å². The number of rotatable bonds is 9. The molecule has 0 spiro atoms. The van der Waals surface area contributed by atoms with Crippen molar-refractivity contribution in [2.75, 3.05) is 43.0 Å². The molecule has 7 nitrogen and oxygen atoms in total. The molecule has 1 aliphatic heterocycles. The largest absolute Gasteiger partial charge is 0.478 e. The third-order valence-corrected chi connectivity index (χ3v) is 7.36. The standard InChI is InChI=1S/C28H28ClN3O4S.ClH/c29-22-11-12-24(23(17-22)28(35)36)30-25(33)18-37-19-26(34)31-13-15-32(16-14-31)27(20-7-3-1-4-8-20)21-9-5-2-6-10-21;/h1-12,17,27H,13-16,18-19H2,(H,30,33)(H,35,36);1H. The van der Waals surface area contributed by atoms with Gasteiger partial charge in [0.25, 0.3) is 0 Å². The van der Waals surface area contributed by atoms with Gasteiger partial charge in [-0.2, -0.15) is 0 Å². The van der Waals surface area contributed by atoms with E-state index in [0.29, 0.717) is 13.1 Å². The van der Waals surface area contributed by atoms with Gasteiger partial charge in [0.2, 0.25) is 11.8 Å². The molecule has 0 aliphatic carbocycles. The van der Waals surface area contributed by atoms with Crippen LogP contribution in [0.5, 0.6) is 0 Å². The van der Waals surface area contributed by atoms with Crippen molar-refractivity contribution >= 4 is 59.2 Å². The minimum atomic E-state index is -1.18. The molecule has 10 heteroatoms. The molecule has 200 valence electrons. The molecule has 0 atom stereocenters. The van der Waals surface area contributed by atoms with Crippen LogP contribution in [0.1, 0.15) is 27.5 Å². The third kappa shape index (κ3) is 7.74. The molecule has 0 aromatic heterocycles. The van der Waals surface area contributed by atoms with Gasteiger partial charge in [-0.1, -0.05) is 72.3 Å². The monoisotopic (exact) mass is 573 g/mol. The molecule has 0 bridgehead atoms. The lowest BCUT2D eigenvalue weighted by atomic mass is 9.96. The number of nitrogens with zero attached hydrogens (tertiary/aromatic N) is 2. The van der Waals surface area contributed by atoms with Crippen LogP contribution in [0.25, 0.3) is 0 Å². The lowest BCUT2D eigenvalue weighted by Gasteiger charge is -2.39. The molecule has 1 saturated heterocycles. The van der Waals surface area contributed by atoms with Crippen LogP contribution in [-0.4, -0.2) is 70.4 Å². The lowest BCUT2D eigenvalue weighted by molar-refractivity contribution is -0.130. The second-order valence-electron chi connectivity index (χ2n) is 8.68. The number of carbonyl (C=O) groups is 3. The topological polar surface area (TPSA) is 90.0 Å². The van der Waals surface area contributed by atoms with Crippen molar-refractivity contribution in [3.8, 4) is 0 Å². The summed E-state index contributed by atoms with van der Waals surface area (Å²) in [4.78, 5) is 40.8. The van der Waals surface area contributed by atoms with E-state index in [0.717, 1.165) is 13.1 Å². The smallest absolute Gasteiger partial charge is 0.337 e. The maximum atomic E-state index is 12.8. The zero-order valence-corrected chi connectivity index (χ0v) is 23.0. The van der Waals surface area contributed by atoms with Crippen LogP contribution in [0.3, 0.4) is 0 Å². The average Bonchev–Trinajstić information content (AvgIpc) is 2.91. The second kappa shape index (κ2) is 14.2. The Bertz CT molecular complexity index is 1200. The van der Waals surface area contributed by atoms with Gasteiger partial charge in [-0.3, -0.25) is 14.5 Å². The number of carboxylic acids is 1. The van der Waals surface area contributed by atoms with Gasteiger partial charge >= 0.3 is 5.97 Å². The van der Waals surface area contributed by atoms with E-state index in [1.165, 1.54) is 41.1 Å². The number of anilines is 1. The highest BCUT2D eigenvalue weighted by Crippen LogP contribution is 2.29. The fourth-order valence-electron chi connectivity index (χ4n) is 4.43. The zero-order valence-electron chi connectivity index (χ0n) is 20.6. The summed E-state index contributed by atoms with van der Waals surface area (Å²) in [5, 5.41) is 12.2. The molecule has 0 unspecified atom stereocenters. The SMILES string of the molecule is Cl.O=C(CSCC(=O)N1CCN(C(c2ccccc2)c2ccccc2)CC1)Nc1ccc(Cl)cc1C(=O)O. The Morgan fingerprint density at radius 2 is 1.45 bits per heavy atom. The molecule has 38 heavy (non-hydrogen) atoms. The molecule has 1 fully saturated rings. The summed E-state index contributed by atoms with van der Waals surface area (Å²) in [6.45, 7) is 2.74. The van der Waals surface area contributed by atoms with Crippen molar-refractivity contribution in [3.05, 3.63) is 101 Å². The van der Waals surface area contributed by atoms with Gasteiger partial charge in [-0.25, -0.2) is 4.79 Å². The Hall–Kier alpha value is -3.04. The van der Waals surface area contributed by atoms with Crippen LogP contribution >= 0.6 is 35.8 Å². The quantitative estimate of drug-likeness (QED) is 0.371. The van der Waals surface area contributed by atoms with E-state index in [1.54, 1.807) is 0 Å². The average molecular weight is 575 g/mol. The number of aromatic carboxylic acids is 1. The number of piperazine rings is 1. The van der Waals surface area contributed by atoms with Crippen LogP contribution in [0.15, 0.2) is 78.9 Å². The fourth-order valence-corrected chi connectivity index (χ4v) is 5.31. The Morgan fingerprint density at radius 1 is 0.868 bits per heavy atom. The number of halogens is 2. The predicted molar refractivity (Wildman–Crippen MR) is 154 cm³/mol. The molecule has 3 aromatic rings. The van der Waals surface area contributed by atoms with Gasteiger partial charge in [0.15, 0.2) is 0 Å². The van der Waals surface area contributed by atoms with Crippen LogP contribution in [0, 0.1) is 0 Å². The minimum absolute atomic E-state index is 0. The number of carboxylic acid groups (broad SMARTS) is 1. The number of amides is 2. The molecule has 0 radical (unpaired) electrons. The van der Waals surface area contributed by atoms with E-state index >= 15 is 0 Å². The number of thioether (sulfide) groups is 1. The van der Waals surface area contributed by atoms with Crippen molar-refractivity contribution in [1.82, 2.24) is 9.80 Å². The molecule has 2 amide bonds. The number of carbonyl (C=O) groups excluding carboxylic acids is 2. The zero-order chi connectivity index (χ0) is 26.2. The van der Waals surface area contributed by atoms with Gasteiger partial charge in [0.1, 0.15) is 0 Å². The summed E-state index contributed by atoms with van der Waals surface area (Å²) in [6, 6.07) is 25.2. The molecular formula is C28H29Cl2N3O4S. The molecule has 0 saturated carbocycles. The molecule has 4 rings (SSSR count). The first-order valence-corrected chi connectivity index (χ1v) is 13.5. The molecule has 2 N–H and O–H groups in total. The highest BCUT2D eigenvalue weighted by molar-refractivity contribution is 8.00. The fraction of sp³-hybridized carbons (Fsp3) is 0.250. The highest BCUT2D eigenvalue weighted by atomic mass is 35.5. The van der Waals surface area contributed by atoms with Crippen LogP contribution < -0.4 is 5.32 Å². The van der Waals surface area contributed by atoms with E-state index in [2.05, 4.69) is 34.5 Å². The van der Waals surface area contributed by atoms with E-state index in [1.807, 2.05) is 41.3 Å². The number of benzene rings is 3. The van der Waals surface area contributed by atoms with E-state index < -0.39 is 5.97 Å². The third-order valence-electron chi connectivity index (χ3n) is 6.21. The Kier molecular flexibility index (Phi) is 11.0. The van der Waals surface area contributed by atoms with Crippen LogP contribution in [0.4, 0.5) is 5.69 Å². The molecule has 1 heterocycles. The molecule has 3 aromatic carbocycles. The highest BCUT2D eigenvalue weighted by Gasteiger charge is 2.28. The van der Waals surface area contributed by atoms with E-state index in [4.69, 9.17) is 11.6 Å². The maximum absolute atomic E-state index is 12.8. The summed E-state index contributed by atoms with van der Waals surface area (Å²) >= 11 is 7.06. The van der Waals surface area contributed by atoms with Gasteiger partial charge in [-0.05, 0) is 29.3 Å². The summed E-state index contributed by atoms with van der Waals surface area (Å²) < 4.78 is 0. The lowest BCUT2D eigenvalue weighted by Crippen LogP contribution is -2.50. The van der Waals surface area contributed by atoms with Crippen molar-refractivity contribution in [2.45, 2.75) is 6.04 Å². The summed E-state index contributed by atoms with van der Waals surface area (Å²) in [6.07, 6.45) is 0. The summed E-state index contributed by atoms with van der Waals surface area (Å²) in [5.74, 6) is -1.34. The van der Waals surface area contributed by atoms with Gasteiger partial charge in [-0.15, -0.1) is 24.2 Å². The van der Waals surface area contributed by atoms with E-state index in [-0.39, 0.29) is 58.0 Å². The molecule has 1 aliphatic rings. The number of hydrogen-bond donors (Lipinski definition) is 2. The van der Waals surface area contributed by atoms with Gasteiger partial charge in [0.05, 0.1) is 28.8 Å². The first kappa shape index (κ1) is 29.5. The van der Waals surface area contributed by atoms with E-state index in [9.17, 15) is 19.5 Å². The van der Waals surface area contributed by atoms with Gasteiger partial charge < -0.3 is 15.3 Å². The van der Waals surface area contributed by atoms with Crippen molar-refractivity contribution in [3.63, 3.8) is 0 Å². The summed E-state index contributed by atoms with van der Waals surface area (Å²) in [5.41, 5.74) is 2.55. The predicted octanol–water partition coefficient (Wildman–Crippen LogP) is 5.07. The Balaban J connectivity index is 0.00000400. The Morgan fingerprint density at radius 3 is 2.00 bits per heavy atom. The normalized spacial score (nSPS) is 13.6. The van der Waals surface area contributed by atoms with Crippen molar-refractivity contribution < 1.29 is 19.5 Å². The Labute approximate surface area is 237 Å². The first-order chi connectivity index (χ1) is 17.9. The maximum Gasteiger partial charge on any atom is 0.337 e. The van der Waals surface area contributed by atoms with Crippen LogP contribution in [0.2, 0.25) is 5.02 Å². The van der Waals surface area contributed by atoms with Crippen LogP contribution in [-0.2, 0) is 9.59 Å². The minimum Gasteiger partial charge on any atom is -0.478 e. The second-order valence-corrected chi connectivity index (χ2v) is 10.1. The first-order valence-electron chi connectivity index (χ1n) is 11.9. The molecular weight excluding hydrogens is 545 g/mol. The summed E-state index contributed by atoms with van der Waals surface area (Å²) in [7, 11) is 0. The number of nitrogens with one attached hydrogen (secondary N) is 1. The van der Waals surface area contributed by atoms with Crippen molar-refractivity contribution in [2.24, 2.45) is 0 Å². The van der Waals surface area contributed by atoms with Gasteiger partial charge in [0, 0.05) is 31.2 Å². The number of hydrogen-bond acceptors (Lipinski definition) is 5.